The van der Waals surface area contributed by atoms with E-state index in [2.05, 4.69) is 15.2 Å². The quantitative estimate of drug-likeness (QED) is 0.847. The van der Waals surface area contributed by atoms with Crippen molar-refractivity contribution in [1.82, 2.24) is 4.90 Å². The Balaban J connectivity index is 1.68. The number of nitrogens with zero attached hydrogens (tertiary/aromatic N) is 2. The highest BCUT2D eigenvalue weighted by molar-refractivity contribution is 8.18. The zero-order valence-corrected chi connectivity index (χ0v) is 13.9. The molecule has 0 aromatic heterocycles. The third-order valence-electron chi connectivity index (χ3n) is 3.76. The summed E-state index contributed by atoms with van der Waals surface area (Å²) in [4.78, 5) is 30.1. The van der Waals surface area contributed by atoms with Crippen LogP contribution in [0.4, 0.5) is 5.69 Å². The lowest BCUT2D eigenvalue weighted by atomic mass is 10.1. The summed E-state index contributed by atoms with van der Waals surface area (Å²) >= 11 is 1.45. The molecule has 23 heavy (non-hydrogen) atoms. The van der Waals surface area contributed by atoms with Gasteiger partial charge < -0.3 is 10.2 Å². The first-order valence-corrected chi connectivity index (χ1v) is 8.58. The number of piperidine rings is 1. The maximum Gasteiger partial charge on any atom is 0.286 e. The molecule has 2 aliphatic rings. The van der Waals surface area contributed by atoms with Crippen LogP contribution in [-0.4, -0.2) is 35.0 Å². The summed E-state index contributed by atoms with van der Waals surface area (Å²) in [5.74, 6) is -0.265. The largest absolute Gasteiger partial charge is 0.351 e. The van der Waals surface area contributed by atoms with Gasteiger partial charge in [-0.1, -0.05) is 12.1 Å². The molecule has 1 saturated heterocycles. The van der Waals surface area contributed by atoms with E-state index in [1.165, 1.54) is 25.1 Å². The number of carbonyl (C=O) groups is 2. The molecule has 2 aliphatic heterocycles. The predicted molar refractivity (Wildman–Crippen MR) is 94.2 cm³/mol. The maximum absolute atomic E-state index is 12.1. The smallest absolute Gasteiger partial charge is 0.286 e. The summed E-state index contributed by atoms with van der Waals surface area (Å²) in [5, 5.41) is 3.55. The molecule has 2 amide bonds. The Kier molecular flexibility index (Phi) is 4.81. The first-order valence-electron chi connectivity index (χ1n) is 7.77. The normalized spacial score (nSPS) is 19.9. The second kappa shape index (κ2) is 7.00. The van der Waals surface area contributed by atoms with E-state index >= 15 is 0 Å². The van der Waals surface area contributed by atoms with Gasteiger partial charge in [-0.3, -0.25) is 9.59 Å². The first-order chi connectivity index (χ1) is 11.1. The molecule has 0 saturated carbocycles. The van der Waals surface area contributed by atoms with Crippen LogP contribution in [0.25, 0.3) is 6.08 Å². The van der Waals surface area contributed by atoms with E-state index in [-0.39, 0.29) is 11.8 Å². The first kappa shape index (κ1) is 15.8. The lowest BCUT2D eigenvalue weighted by molar-refractivity contribution is -0.114. The molecular weight excluding hydrogens is 310 g/mol. The van der Waals surface area contributed by atoms with Crippen LogP contribution < -0.4 is 5.32 Å². The van der Waals surface area contributed by atoms with E-state index in [1.54, 1.807) is 0 Å². The molecule has 0 unspecified atom stereocenters. The molecule has 0 bridgehead atoms. The van der Waals surface area contributed by atoms with Crippen LogP contribution in [0.2, 0.25) is 0 Å². The third-order valence-corrected chi connectivity index (χ3v) is 4.81. The molecule has 0 spiro atoms. The highest BCUT2D eigenvalue weighted by Gasteiger charge is 2.26. The number of carbonyl (C=O) groups excluding carboxylic acids is 2. The molecule has 0 atom stereocenters. The second-order valence-electron chi connectivity index (χ2n) is 5.66. The van der Waals surface area contributed by atoms with Gasteiger partial charge in [-0.15, -0.1) is 0 Å². The molecule has 1 aromatic carbocycles. The van der Waals surface area contributed by atoms with E-state index in [0.29, 0.717) is 4.91 Å². The molecule has 1 aromatic rings. The van der Waals surface area contributed by atoms with Gasteiger partial charge in [-0.2, -0.15) is 4.99 Å². The molecule has 3 rings (SSSR count). The van der Waals surface area contributed by atoms with Crippen molar-refractivity contribution in [3.63, 3.8) is 0 Å². The summed E-state index contributed by atoms with van der Waals surface area (Å²) in [6.07, 6.45) is 5.44. The van der Waals surface area contributed by atoms with E-state index in [1.807, 2.05) is 30.3 Å². The molecule has 6 heteroatoms. The second-order valence-corrected chi connectivity index (χ2v) is 6.67. The van der Waals surface area contributed by atoms with Crippen molar-refractivity contribution in [2.24, 2.45) is 4.99 Å². The van der Waals surface area contributed by atoms with Crippen molar-refractivity contribution < 1.29 is 9.59 Å². The number of amidine groups is 1. The minimum Gasteiger partial charge on any atom is -0.351 e. The Bertz CT molecular complexity index is 674. The summed E-state index contributed by atoms with van der Waals surface area (Å²) in [7, 11) is 0. The van der Waals surface area contributed by atoms with Crippen LogP contribution >= 0.6 is 11.8 Å². The Morgan fingerprint density at radius 3 is 2.57 bits per heavy atom. The predicted octanol–water partition coefficient (Wildman–Crippen LogP) is 3.10. The van der Waals surface area contributed by atoms with Crippen LogP contribution in [0.5, 0.6) is 0 Å². The topological polar surface area (TPSA) is 61.8 Å². The van der Waals surface area contributed by atoms with Gasteiger partial charge in [0.1, 0.15) is 0 Å². The molecule has 0 radical (unpaired) electrons. The monoisotopic (exact) mass is 329 g/mol. The fourth-order valence-corrected chi connectivity index (χ4v) is 3.60. The van der Waals surface area contributed by atoms with Gasteiger partial charge in [0, 0.05) is 25.7 Å². The summed E-state index contributed by atoms with van der Waals surface area (Å²) in [6, 6.07) is 7.41. The van der Waals surface area contributed by atoms with Crippen LogP contribution in [0.15, 0.2) is 34.2 Å². The number of amides is 2. The number of likely N-dealkylation sites (tertiary alicyclic amines) is 1. The molecule has 1 fully saturated rings. The van der Waals surface area contributed by atoms with Crippen molar-refractivity contribution in [3.05, 3.63) is 34.7 Å². The van der Waals surface area contributed by atoms with E-state index < -0.39 is 0 Å². The van der Waals surface area contributed by atoms with E-state index in [4.69, 9.17) is 0 Å². The zero-order chi connectivity index (χ0) is 16.2. The average molecular weight is 329 g/mol. The molecule has 120 valence electrons. The van der Waals surface area contributed by atoms with Crippen molar-refractivity contribution in [3.8, 4) is 0 Å². The number of thioether (sulfide) groups is 1. The van der Waals surface area contributed by atoms with Gasteiger partial charge in [-0.25, -0.2) is 0 Å². The lowest BCUT2D eigenvalue weighted by Crippen LogP contribution is -2.33. The minimum absolute atomic E-state index is 0.0998. The van der Waals surface area contributed by atoms with Crippen molar-refractivity contribution in [2.75, 3.05) is 18.4 Å². The van der Waals surface area contributed by atoms with Gasteiger partial charge in [-0.05, 0) is 54.8 Å². The zero-order valence-electron chi connectivity index (χ0n) is 13.0. The Hall–Kier alpha value is -2.08. The highest BCUT2D eigenvalue weighted by atomic mass is 32.2. The van der Waals surface area contributed by atoms with Crippen molar-refractivity contribution in [1.29, 1.82) is 0 Å². The van der Waals surface area contributed by atoms with Gasteiger partial charge in [0.15, 0.2) is 5.17 Å². The lowest BCUT2D eigenvalue weighted by Gasteiger charge is -2.27. The number of hydrogen-bond acceptors (Lipinski definition) is 4. The summed E-state index contributed by atoms with van der Waals surface area (Å²) < 4.78 is 0. The number of nitrogens with one attached hydrogen (secondary N) is 1. The van der Waals surface area contributed by atoms with Crippen LogP contribution in [0, 0.1) is 0 Å². The Labute approximate surface area is 139 Å². The van der Waals surface area contributed by atoms with E-state index in [0.717, 1.165) is 42.3 Å². The molecular formula is C17H19N3O2S. The van der Waals surface area contributed by atoms with Crippen LogP contribution in [-0.2, 0) is 9.59 Å². The Morgan fingerprint density at radius 2 is 1.91 bits per heavy atom. The fraction of sp³-hybridized carbons (Fsp3) is 0.353. The van der Waals surface area contributed by atoms with E-state index in [9.17, 15) is 9.59 Å². The number of rotatable bonds is 2. The molecule has 5 nitrogen and oxygen atoms in total. The number of anilines is 1. The summed E-state index contributed by atoms with van der Waals surface area (Å²) in [6.45, 7) is 3.44. The van der Waals surface area contributed by atoms with Crippen molar-refractivity contribution in [2.45, 2.75) is 26.2 Å². The SMILES string of the molecule is CC(=O)Nc1ccc(C=C2SC(N3CCCCC3)=NC2=O)cc1. The average Bonchev–Trinajstić information content (AvgIpc) is 2.91. The minimum atomic E-state index is -0.165. The molecule has 0 aliphatic carbocycles. The van der Waals surface area contributed by atoms with Crippen LogP contribution in [0.1, 0.15) is 31.7 Å². The van der Waals surface area contributed by atoms with Crippen molar-refractivity contribution >= 4 is 40.5 Å². The van der Waals surface area contributed by atoms with Gasteiger partial charge in [0.05, 0.1) is 4.91 Å². The van der Waals surface area contributed by atoms with Gasteiger partial charge >= 0.3 is 0 Å². The van der Waals surface area contributed by atoms with Gasteiger partial charge in [0.25, 0.3) is 5.91 Å². The third kappa shape index (κ3) is 4.01. The number of aliphatic imine (C=N–C) groups is 1. The Morgan fingerprint density at radius 1 is 1.22 bits per heavy atom. The maximum atomic E-state index is 12.1. The van der Waals surface area contributed by atoms with Gasteiger partial charge in [0.2, 0.25) is 5.91 Å². The molecule has 1 N–H and O–H groups in total. The highest BCUT2D eigenvalue weighted by Crippen LogP contribution is 2.31. The summed E-state index contributed by atoms with van der Waals surface area (Å²) in [5.41, 5.74) is 1.67. The number of benzene rings is 1. The number of hydrogen-bond donors (Lipinski definition) is 1. The standard InChI is InChI=1S/C17H19N3O2S/c1-12(21)18-14-7-5-13(6-8-14)11-15-16(22)19-17(23-15)20-9-3-2-4-10-20/h5-8,11H,2-4,9-10H2,1H3,(H,18,21). The fourth-order valence-electron chi connectivity index (χ4n) is 2.64. The molecule has 2 heterocycles. The van der Waals surface area contributed by atoms with Crippen LogP contribution in [0.3, 0.4) is 0 Å².